The number of rotatable bonds is 0. The maximum absolute atomic E-state index is 5.48. The van der Waals surface area contributed by atoms with Crippen molar-refractivity contribution in [1.82, 2.24) is 10.2 Å². The summed E-state index contributed by atoms with van der Waals surface area (Å²) in [5.74, 6) is 6.13. The first-order chi connectivity index (χ1) is 6.81. The van der Waals surface area contributed by atoms with E-state index in [1.807, 2.05) is 25.1 Å². The van der Waals surface area contributed by atoms with E-state index in [4.69, 9.17) is 11.6 Å². The summed E-state index contributed by atoms with van der Waals surface area (Å²) in [7, 11) is 0. The summed E-state index contributed by atoms with van der Waals surface area (Å²) in [4.78, 5) is 0. The van der Waals surface area contributed by atoms with E-state index in [9.17, 15) is 0 Å². The molecule has 0 spiro atoms. The molecule has 0 bridgehead atoms. The molecule has 0 aliphatic carbocycles. The molecule has 1 aromatic heterocycles. The molecule has 1 aromatic carbocycles. The summed E-state index contributed by atoms with van der Waals surface area (Å²) in [5, 5.41) is 8.24. The number of aromatic nitrogens is 2. The van der Waals surface area contributed by atoms with Crippen LogP contribution in [0.25, 0.3) is 10.9 Å². The van der Waals surface area contributed by atoms with E-state index < -0.39 is 0 Å². The predicted molar refractivity (Wildman–Crippen MR) is 58.4 cm³/mol. The summed E-state index contributed by atoms with van der Waals surface area (Å²) in [6, 6.07) is 5.95. The van der Waals surface area contributed by atoms with Crippen molar-refractivity contribution in [3.8, 4) is 11.8 Å². The number of alkyl halides is 1. The molecule has 0 aliphatic rings. The predicted octanol–water partition coefficient (Wildman–Crippen LogP) is 2.46. The van der Waals surface area contributed by atoms with Gasteiger partial charge < -0.3 is 0 Å². The van der Waals surface area contributed by atoms with Crippen molar-refractivity contribution in [1.29, 1.82) is 0 Å². The maximum atomic E-state index is 5.48. The van der Waals surface area contributed by atoms with Crippen LogP contribution in [0, 0.1) is 18.8 Å². The van der Waals surface area contributed by atoms with Gasteiger partial charge in [-0.2, -0.15) is 5.10 Å². The van der Waals surface area contributed by atoms with Crippen LogP contribution in [0.4, 0.5) is 0 Å². The van der Waals surface area contributed by atoms with E-state index >= 15 is 0 Å². The molecular formula is C11H9ClN2. The summed E-state index contributed by atoms with van der Waals surface area (Å²) >= 11 is 5.48. The number of H-pyrrole nitrogens is 1. The minimum atomic E-state index is 0.359. The molecule has 2 rings (SSSR count). The van der Waals surface area contributed by atoms with Gasteiger partial charge >= 0.3 is 0 Å². The Balaban J connectivity index is 2.52. The molecule has 1 heterocycles. The fourth-order valence-corrected chi connectivity index (χ4v) is 1.43. The van der Waals surface area contributed by atoms with Gasteiger partial charge in [0.15, 0.2) is 0 Å². The molecular weight excluding hydrogens is 196 g/mol. The molecule has 0 saturated heterocycles. The van der Waals surface area contributed by atoms with Crippen molar-refractivity contribution in [2.75, 3.05) is 5.88 Å². The third-order valence-corrected chi connectivity index (χ3v) is 2.18. The van der Waals surface area contributed by atoms with Crippen molar-refractivity contribution >= 4 is 22.5 Å². The number of benzene rings is 1. The van der Waals surface area contributed by atoms with Crippen molar-refractivity contribution in [3.63, 3.8) is 0 Å². The molecule has 1 N–H and O–H groups in total. The number of aryl methyl sites for hydroxylation is 1. The molecule has 0 fully saturated rings. The van der Waals surface area contributed by atoms with Gasteiger partial charge in [-0.1, -0.05) is 11.8 Å². The highest BCUT2D eigenvalue weighted by molar-refractivity contribution is 6.19. The van der Waals surface area contributed by atoms with Gasteiger partial charge in [0.1, 0.15) is 0 Å². The number of halogens is 1. The molecule has 2 aromatic rings. The number of hydrogen-bond donors (Lipinski definition) is 1. The van der Waals surface area contributed by atoms with Crippen LogP contribution in [0.1, 0.15) is 11.3 Å². The van der Waals surface area contributed by atoms with Gasteiger partial charge in [0.2, 0.25) is 0 Å². The second-order valence-corrected chi connectivity index (χ2v) is 3.28. The summed E-state index contributed by atoms with van der Waals surface area (Å²) < 4.78 is 0. The zero-order chi connectivity index (χ0) is 9.97. The highest BCUT2D eigenvalue weighted by atomic mass is 35.5. The molecule has 0 amide bonds. The highest BCUT2D eigenvalue weighted by Gasteiger charge is 2.00. The van der Waals surface area contributed by atoms with E-state index in [-0.39, 0.29) is 0 Å². The number of hydrogen-bond acceptors (Lipinski definition) is 1. The minimum Gasteiger partial charge on any atom is -0.282 e. The lowest BCUT2D eigenvalue weighted by atomic mass is 10.1. The topological polar surface area (TPSA) is 28.7 Å². The van der Waals surface area contributed by atoms with Crippen molar-refractivity contribution in [2.24, 2.45) is 0 Å². The SMILES string of the molecule is Cc1[nH]nc2cc(C#CCCl)ccc12. The fraction of sp³-hybridized carbons (Fsp3) is 0.182. The second kappa shape index (κ2) is 3.73. The van der Waals surface area contributed by atoms with Crippen LogP contribution in [0.2, 0.25) is 0 Å². The van der Waals surface area contributed by atoms with Crippen molar-refractivity contribution < 1.29 is 0 Å². The monoisotopic (exact) mass is 204 g/mol. The largest absolute Gasteiger partial charge is 0.282 e. The highest BCUT2D eigenvalue weighted by Crippen LogP contribution is 2.15. The van der Waals surface area contributed by atoms with Crippen molar-refractivity contribution in [2.45, 2.75) is 6.92 Å². The van der Waals surface area contributed by atoms with Gasteiger partial charge in [0, 0.05) is 16.6 Å². The summed E-state index contributed by atoms with van der Waals surface area (Å²) in [6.07, 6.45) is 0. The summed E-state index contributed by atoms with van der Waals surface area (Å²) in [5.41, 5.74) is 2.98. The van der Waals surface area contributed by atoms with Gasteiger partial charge in [0.05, 0.1) is 11.4 Å². The standard InChI is InChI=1S/C11H9ClN2/c1-8-10-5-4-9(3-2-6-12)7-11(10)14-13-8/h4-5,7H,6H2,1H3,(H,13,14). The van der Waals surface area contributed by atoms with Crippen LogP contribution in [-0.4, -0.2) is 16.1 Å². The zero-order valence-electron chi connectivity index (χ0n) is 7.76. The van der Waals surface area contributed by atoms with Gasteiger partial charge in [-0.3, -0.25) is 5.10 Å². The van der Waals surface area contributed by atoms with Crippen molar-refractivity contribution in [3.05, 3.63) is 29.5 Å². The van der Waals surface area contributed by atoms with Crippen LogP contribution in [0.3, 0.4) is 0 Å². The number of fused-ring (bicyclic) bond motifs is 1. The lowest BCUT2D eigenvalue weighted by molar-refractivity contribution is 1.07. The molecule has 0 atom stereocenters. The molecule has 70 valence electrons. The molecule has 0 unspecified atom stereocenters. The van der Waals surface area contributed by atoms with Crippen LogP contribution >= 0.6 is 11.6 Å². The number of nitrogens with zero attached hydrogens (tertiary/aromatic N) is 1. The smallest absolute Gasteiger partial charge is 0.0936 e. The minimum absolute atomic E-state index is 0.359. The first-order valence-electron chi connectivity index (χ1n) is 4.31. The molecule has 0 radical (unpaired) electrons. The molecule has 0 aliphatic heterocycles. The normalized spacial score (nSPS) is 9.86. The average molecular weight is 205 g/mol. The van der Waals surface area contributed by atoms with E-state index in [0.717, 1.165) is 22.2 Å². The quantitative estimate of drug-likeness (QED) is 0.518. The maximum Gasteiger partial charge on any atom is 0.0936 e. The van der Waals surface area contributed by atoms with Crippen LogP contribution in [0.5, 0.6) is 0 Å². The van der Waals surface area contributed by atoms with E-state index in [0.29, 0.717) is 5.88 Å². The van der Waals surface area contributed by atoms with Gasteiger partial charge in [-0.05, 0) is 25.1 Å². The van der Waals surface area contributed by atoms with Crippen LogP contribution < -0.4 is 0 Å². The number of aromatic amines is 1. The average Bonchev–Trinajstić information content (AvgIpc) is 2.57. The first kappa shape index (κ1) is 9.11. The Bertz CT molecular complexity index is 517. The van der Waals surface area contributed by atoms with E-state index in [2.05, 4.69) is 22.0 Å². The Morgan fingerprint density at radius 2 is 2.36 bits per heavy atom. The zero-order valence-corrected chi connectivity index (χ0v) is 8.52. The van der Waals surface area contributed by atoms with Gasteiger partial charge in [-0.25, -0.2) is 0 Å². The Labute approximate surface area is 87.3 Å². The van der Waals surface area contributed by atoms with Crippen LogP contribution in [0.15, 0.2) is 18.2 Å². The summed E-state index contributed by atoms with van der Waals surface area (Å²) in [6.45, 7) is 2.00. The Hall–Kier alpha value is -1.46. The second-order valence-electron chi connectivity index (χ2n) is 3.02. The van der Waals surface area contributed by atoms with Crippen LogP contribution in [-0.2, 0) is 0 Å². The molecule has 0 saturated carbocycles. The third kappa shape index (κ3) is 1.59. The lowest BCUT2D eigenvalue weighted by Crippen LogP contribution is -1.75. The third-order valence-electron chi connectivity index (χ3n) is 2.05. The number of nitrogens with one attached hydrogen (secondary N) is 1. The Morgan fingerprint density at radius 1 is 1.50 bits per heavy atom. The van der Waals surface area contributed by atoms with E-state index in [1.54, 1.807) is 0 Å². The Morgan fingerprint density at radius 3 is 3.14 bits per heavy atom. The fourth-order valence-electron chi connectivity index (χ4n) is 1.36. The lowest BCUT2D eigenvalue weighted by Gasteiger charge is -1.90. The van der Waals surface area contributed by atoms with Gasteiger partial charge in [0.25, 0.3) is 0 Å². The first-order valence-corrected chi connectivity index (χ1v) is 4.84. The van der Waals surface area contributed by atoms with Gasteiger partial charge in [-0.15, -0.1) is 11.6 Å². The van der Waals surface area contributed by atoms with E-state index in [1.165, 1.54) is 0 Å². The molecule has 2 nitrogen and oxygen atoms in total. The molecule has 3 heteroatoms. The molecule has 14 heavy (non-hydrogen) atoms. The Kier molecular flexibility index (Phi) is 2.43.